The minimum atomic E-state index is -3.94. The van der Waals surface area contributed by atoms with Crippen LogP contribution in [-0.4, -0.2) is 20.9 Å². The lowest BCUT2D eigenvalue weighted by Crippen LogP contribution is -2.36. The predicted octanol–water partition coefficient (Wildman–Crippen LogP) is 3.67. The van der Waals surface area contributed by atoms with Crippen molar-refractivity contribution in [2.45, 2.75) is 43.9 Å². The SMILES string of the molecule is CC1(CNC(=O)c2cc(S(=O)(=O)Cl)c(Br)o2)CCCCC1. The molecule has 0 aromatic carbocycles. The summed E-state index contributed by atoms with van der Waals surface area (Å²) in [5, 5.41) is 2.81. The molecule has 0 radical (unpaired) electrons. The van der Waals surface area contributed by atoms with Gasteiger partial charge in [0, 0.05) is 23.3 Å². The molecule has 0 saturated heterocycles. The third-order valence-electron chi connectivity index (χ3n) is 3.88. The Hall–Kier alpha value is -0.530. The number of furan rings is 1. The molecule has 1 fully saturated rings. The van der Waals surface area contributed by atoms with Crippen LogP contribution in [0.3, 0.4) is 0 Å². The van der Waals surface area contributed by atoms with E-state index in [-0.39, 0.29) is 20.7 Å². The van der Waals surface area contributed by atoms with E-state index in [9.17, 15) is 13.2 Å². The van der Waals surface area contributed by atoms with Gasteiger partial charge < -0.3 is 9.73 Å². The van der Waals surface area contributed by atoms with Gasteiger partial charge in [-0.25, -0.2) is 8.42 Å². The quantitative estimate of drug-likeness (QED) is 0.785. The van der Waals surface area contributed by atoms with Crippen molar-refractivity contribution < 1.29 is 17.6 Å². The van der Waals surface area contributed by atoms with Crippen molar-refractivity contribution in [2.75, 3.05) is 6.54 Å². The molecule has 0 spiro atoms. The highest BCUT2D eigenvalue weighted by Gasteiger charge is 2.28. The van der Waals surface area contributed by atoms with Crippen LogP contribution in [0.4, 0.5) is 0 Å². The second-order valence-electron chi connectivity index (χ2n) is 5.74. The number of hydrogen-bond acceptors (Lipinski definition) is 4. The van der Waals surface area contributed by atoms with Crippen molar-refractivity contribution in [1.29, 1.82) is 0 Å². The first kappa shape index (κ1) is 16.8. The van der Waals surface area contributed by atoms with Crippen molar-refractivity contribution in [1.82, 2.24) is 5.32 Å². The average molecular weight is 399 g/mol. The Morgan fingerprint density at radius 3 is 2.57 bits per heavy atom. The second kappa shape index (κ2) is 6.30. The van der Waals surface area contributed by atoms with E-state index in [1.54, 1.807) is 0 Å². The summed E-state index contributed by atoms with van der Waals surface area (Å²) >= 11 is 2.95. The second-order valence-corrected chi connectivity index (χ2v) is 9.00. The number of nitrogens with one attached hydrogen (secondary N) is 1. The zero-order valence-electron chi connectivity index (χ0n) is 11.6. The number of rotatable bonds is 4. The summed E-state index contributed by atoms with van der Waals surface area (Å²) in [6.07, 6.45) is 5.75. The molecule has 0 aliphatic heterocycles. The van der Waals surface area contributed by atoms with Crippen LogP contribution in [-0.2, 0) is 9.05 Å². The molecular formula is C13H17BrClNO4S. The smallest absolute Gasteiger partial charge is 0.287 e. The monoisotopic (exact) mass is 397 g/mol. The van der Waals surface area contributed by atoms with E-state index >= 15 is 0 Å². The predicted molar refractivity (Wildman–Crippen MR) is 83.0 cm³/mol. The van der Waals surface area contributed by atoms with E-state index in [0.29, 0.717) is 6.54 Å². The average Bonchev–Trinajstić information content (AvgIpc) is 2.79. The molecule has 1 N–H and O–H groups in total. The minimum Gasteiger partial charge on any atom is -0.443 e. The largest absolute Gasteiger partial charge is 0.443 e. The van der Waals surface area contributed by atoms with Gasteiger partial charge in [-0.2, -0.15) is 0 Å². The topological polar surface area (TPSA) is 76.4 Å². The Labute approximate surface area is 137 Å². The number of halogens is 2. The van der Waals surface area contributed by atoms with Gasteiger partial charge in [0.05, 0.1) is 0 Å². The molecule has 0 unspecified atom stereocenters. The highest BCUT2D eigenvalue weighted by molar-refractivity contribution is 9.10. The molecule has 1 aliphatic carbocycles. The molecule has 1 saturated carbocycles. The van der Waals surface area contributed by atoms with E-state index in [1.165, 1.54) is 19.3 Å². The first-order valence-corrected chi connectivity index (χ1v) is 9.84. The number of amides is 1. The maximum Gasteiger partial charge on any atom is 0.287 e. The number of carbonyl (C=O) groups excluding carboxylic acids is 1. The van der Waals surface area contributed by atoms with Gasteiger partial charge in [0.15, 0.2) is 10.4 Å². The van der Waals surface area contributed by atoms with Gasteiger partial charge in [0.2, 0.25) is 0 Å². The molecule has 1 aromatic rings. The third kappa shape index (κ3) is 4.23. The normalized spacial score (nSPS) is 18.4. The Morgan fingerprint density at radius 2 is 2.05 bits per heavy atom. The van der Waals surface area contributed by atoms with Crippen LogP contribution in [0.5, 0.6) is 0 Å². The summed E-state index contributed by atoms with van der Waals surface area (Å²) in [6.45, 7) is 2.70. The van der Waals surface area contributed by atoms with Crippen molar-refractivity contribution in [3.8, 4) is 0 Å². The first-order chi connectivity index (χ1) is 9.71. The lowest BCUT2D eigenvalue weighted by Gasteiger charge is -2.33. The first-order valence-electron chi connectivity index (χ1n) is 6.73. The third-order valence-corrected chi connectivity index (χ3v) is 6.06. The van der Waals surface area contributed by atoms with Gasteiger partial charge in [0.1, 0.15) is 4.90 Å². The summed E-state index contributed by atoms with van der Waals surface area (Å²) in [5.41, 5.74) is 0.0964. The zero-order valence-corrected chi connectivity index (χ0v) is 14.8. The Bertz CT molecular complexity index is 635. The lowest BCUT2D eigenvalue weighted by molar-refractivity contribution is 0.0890. The molecule has 2 rings (SSSR count). The number of hydrogen-bond donors (Lipinski definition) is 1. The van der Waals surface area contributed by atoms with Crippen molar-refractivity contribution >= 4 is 41.6 Å². The van der Waals surface area contributed by atoms with E-state index in [2.05, 4.69) is 28.2 Å². The molecule has 8 heteroatoms. The van der Waals surface area contributed by atoms with Gasteiger partial charge in [-0.3, -0.25) is 4.79 Å². The minimum absolute atomic E-state index is 0.0634. The van der Waals surface area contributed by atoms with Gasteiger partial charge >= 0.3 is 0 Å². The summed E-state index contributed by atoms with van der Waals surface area (Å²) in [6, 6.07) is 1.13. The molecule has 1 aromatic heterocycles. The highest BCUT2D eigenvalue weighted by atomic mass is 79.9. The van der Waals surface area contributed by atoms with Gasteiger partial charge in [-0.1, -0.05) is 26.2 Å². The maximum absolute atomic E-state index is 12.1. The summed E-state index contributed by atoms with van der Waals surface area (Å²) in [7, 11) is 1.31. The fourth-order valence-electron chi connectivity index (χ4n) is 2.59. The Balaban J connectivity index is 2.04. The maximum atomic E-state index is 12.1. The molecule has 0 atom stereocenters. The molecule has 1 amide bonds. The summed E-state index contributed by atoms with van der Waals surface area (Å²) < 4.78 is 27.6. The van der Waals surface area contributed by atoms with Crippen LogP contribution in [0, 0.1) is 5.41 Å². The van der Waals surface area contributed by atoms with E-state index in [4.69, 9.17) is 15.1 Å². The van der Waals surface area contributed by atoms with Gasteiger partial charge in [-0.05, 0) is 34.2 Å². The molecule has 118 valence electrons. The highest BCUT2D eigenvalue weighted by Crippen LogP contribution is 2.35. The molecule has 21 heavy (non-hydrogen) atoms. The Kier molecular flexibility index (Phi) is 5.05. The molecule has 5 nitrogen and oxygen atoms in total. The summed E-state index contributed by atoms with van der Waals surface area (Å²) in [5.74, 6) is -0.505. The zero-order chi connectivity index (χ0) is 15.7. The van der Waals surface area contributed by atoms with E-state index < -0.39 is 15.0 Å². The van der Waals surface area contributed by atoms with Gasteiger partial charge in [0.25, 0.3) is 15.0 Å². The van der Waals surface area contributed by atoms with Crippen LogP contribution in [0.2, 0.25) is 0 Å². The number of carbonyl (C=O) groups is 1. The fraction of sp³-hybridized carbons (Fsp3) is 0.615. The van der Waals surface area contributed by atoms with Crippen molar-refractivity contribution in [2.24, 2.45) is 5.41 Å². The van der Waals surface area contributed by atoms with Crippen molar-refractivity contribution in [3.05, 3.63) is 16.5 Å². The van der Waals surface area contributed by atoms with Crippen LogP contribution in [0.15, 0.2) is 20.0 Å². The molecule has 1 heterocycles. The standard InChI is InChI=1S/C13H17BrClNO4S/c1-13(5-3-2-4-6-13)8-16-12(17)9-7-10(11(14)20-9)21(15,18)19/h7H,2-6,8H2,1H3,(H,16,17). The molecule has 0 bridgehead atoms. The molecule has 1 aliphatic rings. The van der Waals surface area contributed by atoms with Gasteiger partial charge in [-0.15, -0.1) is 0 Å². The van der Waals surface area contributed by atoms with Crippen LogP contribution in [0.1, 0.15) is 49.6 Å². The van der Waals surface area contributed by atoms with Crippen LogP contribution >= 0.6 is 26.6 Å². The van der Waals surface area contributed by atoms with Crippen LogP contribution in [0.25, 0.3) is 0 Å². The Morgan fingerprint density at radius 1 is 1.43 bits per heavy atom. The molecular weight excluding hydrogens is 382 g/mol. The summed E-state index contributed by atoms with van der Waals surface area (Å²) in [4.78, 5) is 11.8. The lowest BCUT2D eigenvalue weighted by atomic mass is 9.76. The van der Waals surface area contributed by atoms with E-state index in [1.807, 2.05) is 0 Å². The van der Waals surface area contributed by atoms with Crippen LogP contribution < -0.4 is 5.32 Å². The fourth-order valence-corrected chi connectivity index (χ4v) is 4.63. The van der Waals surface area contributed by atoms with Crippen molar-refractivity contribution in [3.63, 3.8) is 0 Å². The van der Waals surface area contributed by atoms with E-state index in [0.717, 1.165) is 18.9 Å².